The van der Waals surface area contributed by atoms with E-state index in [1.54, 1.807) is 4.90 Å². The highest BCUT2D eigenvalue weighted by Gasteiger charge is 2.38. The molecule has 0 aromatic rings. The number of carbonyl (C=O) groups is 2. The Balaban J connectivity index is 1.67. The fraction of sp³-hybridized carbons (Fsp3) is 0.875. The number of aliphatic carboxylic acids is 1. The number of fused-ring (bicyclic) bond motifs is 1. The second-order valence-electron chi connectivity index (χ2n) is 6.85. The second-order valence-corrected chi connectivity index (χ2v) is 6.85. The van der Waals surface area contributed by atoms with Gasteiger partial charge in [-0.1, -0.05) is 12.8 Å². The number of rotatable bonds is 1. The van der Waals surface area contributed by atoms with Crippen LogP contribution in [0.3, 0.4) is 0 Å². The van der Waals surface area contributed by atoms with Crippen molar-refractivity contribution in [3.8, 4) is 0 Å². The van der Waals surface area contributed by atoms with Crippen LogP contribution in [0.4, 0.5) is 4.79 Å². The quantitative estimate of drug-likeness (QED) is 0.808. The van der Waals surface area contributed by atoms with Gasteiger partial charge in [0.1, 0.15) is 0 Å². The number of piperidine rings is 2. The summed E-state index contributed by atoms with van der Waals surface area (Å²) in [6, 6.07) is 0.503. The molecule has 118 valence electrons. The van der Waals surface area contributed by atoms with E-state index in [1.807, 2.05) is 0 Å². The van der Waals surface area contributed by atoms with Crippen LogP contribution < -0.4 is 0 Å². The predicted molar refractivity (Wildman–Crippen MR) is 79.0 cm³/mol. The topological polar surface area (TPSA) is 60.9 Å². The minimum atomic E-state index is -0.762. The Morgan fingerprint density at radius 2 is 1.62 bits per heavy atom. The standard InChI is InChI=1S/C16H26N2O3/c19-15(20)13-7-3-9-17(11-13)16(21)18-10-4-6-12-5-1-2-8-14(12)18/h12-14H,1-11H2,(H,19,20)/t12?,13-,14?/m1/s1. The van der Waals surface area contributed by atoms with E-state index >= 15 is 0 Å². The molecule has 0 aromatic carbocycles. The van der Waals surface area contributed by atoms with Gasteiger partial charge in [0.2, 0.25) is 0 Å². The number of hydrogen-bond donors (Lipinski definition) is 1. The number of carboxylic acids is 1. The first-order chi connectivity index (χ1) is 10.2. The molecule has 0 bridgehead atoms. The van der Waals surface area contributed by atoms with Crippen LogP contribution in [-0.2, 0) is 4.79 Å². The molecule has 0 spiro atoms. The number of nitrogens with zero attached hydrogens (tertiary/aromatic N) is 2. The summed E-state index contributed by atoms with van der Waals surface area (Å²) in [5, 5.41) is 9.18. The number of carboxylic acid groups (broad SMARTS) is 1. The van der Waals surface area contributed by atoms with Crippen LogP contribution in [0.25, 0.3) is 0 Å². The number of amides is 2. The summed E-state index contributed by atoms with van der Waals surface area (Å²) in [5.41, 5.74) is 0. The highest BCUT2D eigenvalue weighted by atomic mass is 16.4. The summed E-state index contributed by atoms with van der Waals surface area (Å²) in [5.74, 6) is -0.465. The first-order valence-electron chi connectivity index (χ1n) is 8.45. The van der Waals surface area contributed by atoms with Crippen LogP contribution in [0.5, 0.6) is 0 Å². The molecule has 0 aromatic heterocycles. The smallest absolute Gasteiger partial charge is 0.320 e. The zero-order chi connectivity index (χ0) is 14.8. The molecule has 1 saturated carbocycles. The Bertz CT molecular complexity index is 410. The molecule has 3 fully saturated rings. The molecule has 0 radical (unpaired) electrons. The zero-order valence-electron chi connectivity index (χ0n) is 12.7. The van der Waals surface area contributed by atoms with E-state index in [1.165, 1.54) is 25.7 Å². The van der Waals surface area contributed by atoms with Crippen molar-refractivity contribution in [1.29, 1.82) is 0 Å². The lowest BCUT2D eigenvalue weighted by Gasteiger charge is -2.46. The van der Waals surface area contributed by atoms with Crippen LogP contribution in [0.2, 0.25) is 0 Å². The molecule has 1 aliphatic carbocycles. The molecule has 3 rings (SSSR count). The van der Waals surface area contributed by atoms with Crippen LogP contribution in [-0.4, -0.2) is 52.6 Å². The average molecular weight is 294 g/mol. The van der Waals surface area contributed by atoms with Gasteiger partial charge in [-0.05, 0) is 44.4 Å². The Hall–Kier alpha value is -1.26. The SMILES string of the molecule is O=C(O)[C@@H]1CCCN(C(=O)N2CCCC3CCCCC32)C1. The molecule has 5 heteroatoms. The third-order valence-corrected chi connectivity index (χ3v) is 5.53. The number of carbonyl (C=O) groups excluding carboxylic acids is 1. The van der Waals surface area contributed by atoms with Gasteiger partial charge in [-0.15, -0.1) is 0 Å². The van der Waals surface area contributed by atoms with Gasteiger partial charge in [-0.25, -0.2) is 4.79 Å². The van der Waals surface area contributed by atoms with Gasteiger partial charge in [0.15, 0.2) is 0 Å². The van der Waals surface area contributed by atoms with E-state index in [-0.39, 0.29) is 11.9 Å². The van der Waals surface area contributed by atoms with Crippen molar-refractivity contribution >= 4 is 12.0 Å². The molecule has 5 nitrogen and oxygen atoms in total. The third kappa shape index (κ3) is 3.01. The summed E-state index contributed by atoms with van der Waals surface area (Å²) in [7, 11) is 0. The molecule has 1 N–H and O–H groups in total. The third-order valence-electron chi connectivity index (χ3n) is 5.53. The van der Waals surface area contributed by atoms with Crippen molar-refractivity contribution in [3.63, 3.8) is 0 Å². The molecule has 2 heterocycles. The molecule has 2 saturated heterocycles. The maximum Gasteiger partial charge on any atom is 0.320 e. The van der Waals surface area contributed by atoms with Crippen molar-refractivity contribution < 1.29 is 14.7 Å². The molecule has 3 aliphatic rings. The summed E-state index contributed by atoms with van der Waals surface area (Å²) >= 11 is 0. The minimum Gasteiger partial charge on any atom is -0.481 e. The van der Waals surface area contributed by atoms with Crippen LogP contribution in [0, 0.1) is 11.8 Å². The largest absolute Gasteiger partial charge is 0.481 e. The molecule has 21 heavy (non-hydrogen) atoms. The van der Waals surface area contributed by atoms with E-state index in [9.17, 15) is 14.7 Å². The van der Waals surface area contributed by atoms with Crippen LogP contribution in [0.1, 0.15) is 51.4 Å². The maximum absolute atomic E-state index is 12.8. The number of urea groups is 1. The fourth-order valence-electron chi connectivity index (χ4n) is 4.40. The molecular formula is C16H26N2O3. The van der Waals surface area contributed by atoms with E-state index in [4.69, 9.17) is 0 Å². The predicted octanol–water partition coefficient (Wildman–Crippen LogP) is 2.56. The molecule has 2 amide bonds. The normalized spacial score (nSPS) is 33.4. The summed E-state index contributed by atoms with van der Waals surface area (Å²) in [4.78, 5) is 27.9. The van der Waals surface area contributed by atoms with Crippen molar-refractivity contribution in [2.45, 2.75) is 57.4 Å². The Morgan fingerprint density at radius 1 is 0.905 bits per heavy atom. The Labute approximate surface area is 126 Å². The zero-order valence-corrected chi connectivity index (χ0v) is 12.7. The van der Waals surface area contributed by atoms with Crippen molar-refractivity contribution in [1.82, 2.24) is 9.80 Å². The van der Waals surface area contributed by atoms with Crippen molar-refractivity contribution in [2.75, 3.05) is 19.6 Å². The Morgan fingerprint density at radius 3 is 2.43 bits per heavy atom. The molecule has 2 aliphatic heterocycles. The average Bonchev–Trinajstić information content (AvgIpc) is 2.53. The minimum absolute atomic E-state index is 0.0950. The second kappa shape index (κ2) is 6.24. The van der Waals surface area contributed by atoms with Crippen LogP contribution >= 0.6 is 0 Å². The van der Waals surface area contributed by atoms with Gasteiger partial charge in [-0.3, -0.25) is 4.79 Å². The lowest BCUT2D eigenvalue weighted by molar-refractivity contribution is -0.143. The molecule has 3 atom stereocenters. The summed E-state index contributed by atoms with van der Waals surface area (Å²) in [6.45, 7) is 1.97. The first kappa shape index (κ1) is 14.7. The highest BCUT2D eigenvalue weighted by Crippen LogP contribution is 2.36. The summed E-state index contributed by atoms with van der Waals surface area (Å²) < 4.78 is 0. The van der Waals surface area contributed by atoms with Gasteiger partial charge < -0.3 is 14.9 Å². The van der Waals surface area contributed by atoms with E-state index in [0.29, 0.717) is 24.9 Å². The van der Waals surface area contributed by atoms with Crippen LogP contribution in [0.15, 0.2) is 0 Å². The Kier molecular flexibility index (Phi) is 4.36. The van der Waals surface area contributed by atoms with E-state index in [0.717, 1.165) is 32.4 Å². The van der Waals surface area contributed by atoms with Gasteiger partial charge in [0.25, 0.3) is 0 Å². The lowest BCUT2D eigenvalue weighted by atomic mass is 9.78. The monoisotopic (exact) mass is 294 g/mol. The fourth-order valence-corrected chi connectivity index (χ4v) is 4.40. The van der Waals surface area contributed by atoms with E-state index in [2.05, 4.69) is 4.90 Å². The first-order valence-corrected chi connectivity index (χ1v) is 8.45. The van der Waals surface area contributed by atoms with Gasteiger partial charge in [-0.2, -0.15) is 0 Å². The molecular weight excluding hydrogens is 268 g/mol. The number of likely N-dealkylation sites (tertiary alicyclic amines) is 2. The van der Waals surface area contributed by atoms with Gasteiger partial charge >= 0.3 is 12.0 Å². The highest BCUT2D eigenvalue weighted by molar-refractivity contribution is 5.77. The maximum atomic E-state index is 12.8. The number of hydrogen-bond acceptors (Lipinski definition) is 2. The molecule has 2 unspecified atom stereocenters. The lowest BCUT2D eigenvalue weighted by Crippen LogP contribution is -2.56. The van der Waals surface area contributed by atoms with E-state index < -0.39 is 5.97 Å². The summed E-state index contributed by atoms with van der Waals surface area (Å²) in [6.07, 6.45) is 8.78. The van der Waals surface area contributed by atoms with Gasteiger partial charge in [0, 0.05) is 25.7 Å². The van der Waals surface area contributed by atoms with Crippen molar-refractivity contribution in [2.24, 2.45) is 11.8 Å². The van der Waals surface area contributed by atoms with Gasteiger partial charge in [0.05, 0.1) is 5.92 Å². The van der Waals surface area contributed by atoms with Crippen molar-refractivity contribution in [3.05, 3.63) is 0 Å².